The summed E-state index contributed by atoms with van der Waals surface area (Å²) >= 11 is 0. The van der Waals surface area contributed by atoms with Crippen LogP contribution < -0.4 is 5.43 Å². The van der Waals surface area contributed by atoms with Gasteiger partial charge in [-0.2, -0.15) is 14.9 Å². The lowest BCUT2D eigenvalue weighted by Gasteiger charge is -2.06. The molecule has 0 aliphatic carbocycles. The van der Waals surface area contributed by atoms with E-state index < -0.39 is 0 Å². The maximum Gasteiger partial charge on any atom is 0.265 e. The standard InChI is InChI=1S/C20H22N6/c1-16(18-9-5-3-6-10-18)13-21-24-20-25-22-15-26(20)23-14-17(2)19-11-7-4-8-12-19/h3-17H,1-2H3,(H,24,25)/b21-13+,23-14-/t16-,17+/m1/s1. The van der Waals surface area contributed by atoms with Crippen molar-refractivity contribution in [1.82, 2.24) is 14.9 Å². The Bertz CT molecular complexity index is 854. The number of hydrogen-bond donors (Lipinski definition) is 1. The molecule has 6 heteroatoms. The van der Waals surface area contributed by atoms with Crippen LogP contribution in [0.15, 0.2) is 77.2 Å². The highest BCUT2D eigenvalue weighted by Gasteiger charge is 2.05. The summed E-state index contributed by atoms with van der Waals surface area (Å²) < 4.78 is 1.57. The van der Waals surface area contributed by atoms with Crippen LogP contribution in [-0.4, -0.2) is 27.3 Å². The zero-order chi connectivity index (χ0) is 18.2. The number of benzene rings is 2. The topological polar surface area (TPSA) is 67.5 Å². The van der Waals surface area contributed by atoms with Gasteiger partial charge in [0, 0.05) is 24.3 Å². The molecule has 2 atom stereocenters. The Morgan fingerprint density at radius 2 is 1.46 bits per heavy atom. The van der Waals surface area contributed by atoms with Crippen LogP contribution in [0, 0.1) is 0 Å². The zero-order valence-electron chi connectivity index (χ0n) is 14.9. The smallest absolute Gasteiger partial charge is 0.244 e. The van der Waals surface area contributed by atoms with E-state index in [9.17, 15) is 0 Å². The first-order valence-corrected chi connectivity index (χ1v) is 8.57. The summed E-state index contributed by atoms with van der Waals surface area (Å²) in [6, 6.07) is 20.4. The van der Waals surface area contributed by atoms with Crippen LogP contribution in [0.5, 0.6) is 0 Å². The fraction of sp³-hybridized carbons (Fsp3) is 0.200. The molecular weight excluding hydrogens is 324 g/mol. The van der Waals surface area contributed by atoms with Gasteiger partial charge in [-0.3, -0.25) is 0 Å². The van der Waals surface area contributed by atoms with Crippen LogP contribution in [0.1, 0.15) is 36.8 Å². The summed E-state index contributed by atoms with van der Waals surface area (Å²) in [5, 5.41) is 16.6. The molecule has 0 saturated heterocycles. The van der Waals surface area contributed by atoms with Crippen molar-refractivity contribution in [1.29, 1.82) is 0 Å². The fourth-order valence-electron chi connectivity index (χ4n) is 2.45. The molecule has 0 fully saturated rings. The number of nitrogens with one attached hydrogen (secondary N) is 1. The Morgan fingerprint density at radius 1 is 0.885 bits per heavy atom. The van der Waals surface area contributed by atoms with Gasteiger partial charge in [0.15, 0.2) is 0 Å². The molecule has 0 bridgehead atoms. The fourth-order valence-corrected chi connectivity index (χ4v) is 2.45. The van der Waals surface area contributed by atoms with Gasteiger partial charge < -0.3 is 0 Å². The first-order chi connectivity index (χ1) is 12.7. The summed E-state index contributed by atoms with van der Waals surface area (Å²) in [4.78, 5) is 0. The molecule has 0 unspecified atom stereocenters. The van der Waals surface area contributed by atoms with E-state index in [4.69, 9.17) is 0 Å². The lowest BCUT2D eigenvalue weighted by molar-refractivity contribution is 0.862. The molecule has 0 aliphatic heterocycles. The van der Waals surface area contributed by atoms with E-state index in [2.05, 4.69) is 63.9 Å². The molecule has 0 radical (unpaired) electrons. The second-order valence-electron chi connectivity index (χ2n) is 6.05. The summed E-state index contributed by atoms with van der Waals surface area (Å²) in [7, 11) is 0. The summed E-state index contributed by atoms with van der Waals surface area (Å²) in [5.74, 6) is 0.854. The van der Waals surface area contributed by atoms with Crippen LogP contribution in [0.2, 0.25) is 0 Å². The third kappa shape index (κ3) is 4.63. The molecular formula is C20H22N6. The van der Waals surface area contributed by atoms with E-state index in [0.717, 1.165) is 0 Å². The van der Waals surface area contributed by atoms with E-state index in [-0.39, 0.29) is 11.8 Å². The molecule has 1 heterocycles. The predicted molar refractivity (Wildman–Crippen MR) is 106 cm³/mol. The molecule has 0 amide bonds. The molecule has 132 valence electrons. The van der Waals surface area contributed by atoms with Crippen LogP contribution in [0.25, 0.3) is 0 Å². The van der Waals surface area contributed by atoms with E-state index in [1.54, 1.807) is 11.0 Å². The first-order valence-electron chi connectivity index (χ1n) is 8.57. The van der Waals surface area contributed by atoms with E-state index in [0.29, 0.717) is 5.95 Å². The van der Waals surface area contributed by atoms with Gasteiger partial charge in [0.1, 0.15) is 6.33 Å². The highest BCUT2D eigenvalue weighted by atomic mass is 15.5. The average Bonchev–Trinajstić information content (AvgIpc) is 3.14. The number of hydrazone groups is 1. The molecule has 0 saturated carbocycles. The van der Waals surface area contributed by atoms with Gasteiger partial charge >= 0.3 is 0 Å². The molecule has 26 heavy (non-hydrogen) atoms. The van der Waals surface area contributed by atoms with Gasteiger partial charge in [0.05, 0.1) is 0 Å². The molecule has 1 aromatic heterocycles. The quantitative estimate of drug-likeness (QED) is 0.517. The van der Waals surface area contributed by atoms with Crippen LogP contribution >= 0.6 is 0 Å². The van der Waals surface area contributed by atoms with E-state index in [1.165, 1.54) is 11.1 Å². The first kappa shape index (κ1) is 17.5. The van der Waals surface area contributed by atoms with Gasteiger partial charge in [0.25, 0.3) is 5.95 Å². The third-order valence-electron chi connectivity index (χ3n) is 4.06. The molecule has 0 spiro atoms. The largest absolute Gasteiger partial charge is 0.265 e. The SMILES string of the molecule is C[C@H](/C=N/Nc1nncn1/N=C\[C@H](C)c1ccccc1)c1ccccc1. The van der Waals surface area contributed by atoms with E-state index in [1.807, 2.05) is 48.8 Å². The maximum atomic E-state index is 4.43. The second-order valence-corrected chi connectivity index (χ2v) is 6.05. The second kappa shape index (κ2) is 8.71. The highest BCUT2D eigenvalue weighted by molar-refractivity contribution is 5.68. The van der Waals surface area contributed by atoms with Gasteiger partial charge in [-0.15, -0.1) is 10.2 Å². The monoisotopic (exact) mass is 346 g/mol. The Kier molecular flexibility index (Phi) is 5.88. The zero-order valence-corrected chi connectivity index (χ0v) is 14.9. The molecule has 6 nitrogen and oxygen atoms in total. The number of nitrogens with zero attached hydrogens (tertiary/aromatic N) is 5. The van der Waals surface area contributed by atoms with Crippen molar-refractivity contribution in [3.8, 4) is 0 Å². The summed E-state index contributed by atoms with van der Waals surface area (Å²) in [5.41, 5.74) is 5.31. The van der Waals surface area contributed by atoms with Crippen molar-refractivity contribution in [2.45, 2.75) is 25.7 Å². The Morgan fingerprint density at radius 3 is 2.08 bits per heavy atom. The number of aromatic nitrogens is 3. The molecule has 3 rings (SSSR count). The van der Waals surface area contributed by atoms with Crippen molar-refractivity contribution >= 4 is 18.4 Å². The Hall–Kier alpha value is -3.28. The van der Waals surface area contributed by atoms with Crippen LogP contribution in [-0.2, 0) is 0 Å². The minimum Gasteiger partial charge on any atom is -0.244 e. The number of hydrogen-bond acceptors (Lipinski definition) is 5. The van der Waals surface area contributed by atoms with Crippen molar-refractivity contribution in [2.24, 2.45) is 10.2 Å². The minimum absolute atomic E-state index is 0.188. The predicted octanol–water partition coefficient (Wildman–Crippen LogP) is 4.12. The molecule has 0 aliphatic rings. The highest BCUT2D eigenvalue weighted by Crippen LogP contribution is 2.13. The van der Waals surface area contributed by atoms with Crippen molar-refractivity contribution in [3.63, 3.8) is 0 Å². The van der Waals surface area contributed by atoms with Gasteiger partial charge in [-0.1, -0.05) is 74.5 Å². The normalized spacial score (nSPS) is 13.9. The Labute approximate surface area is 153 Å². The number of rotatable bonds is 7. The molecule has 2 aromatic carbocycles. The van der Waals surface area contributed by atoms with Gasteiger partial charge in [-0.25, -0.2) is 5.43 Å². The molecule has 3 aromatic rings. The molecule has 1 N–H and O–H groups in total. The van der Waals surface area contributed by atoms with Gasteiger partial charge in [-0.05, 0) is 11.1 Å². The Balaban J connectivity index is 1.62. The number of anilines is 1. The minimum atomic E-state index is 0.188. The summed E-state index contributed by atoms with van der Waals surface area (Å²) in [6.45, 7) is 4.18. The summed E-state index contributed by atoms with van der Waals surface area (Å²) in [6.07, 6.45) is 5.25. The van der Waals surface area contributed by atoms with Crippen LogP contribution in [0.3, 0.4) is 0 Å². The average molecular weight is 346 g/mol. The lowest BCUT2D eigenvalue weighted by Crippen LogP contribution is -2.02. The van der Waals surface area contributed by atoms with Crippen LogP contribution in [0.4, 0.5) is 5.95 Å². The van der Waals surface area contributed by atoms with E-state index >= 15 is 0 Å². The van der Waals surface area contributed by atoms with Crippen molar-refractivity contribution in [2.75, 3.05) is 5.43 Å². The maximum absolute atomic E-state index is 4.43. The van der Waals surface area contributed by atoms with Gasteiger partial charge in [0.2, 0.25) is 0 Å². The van der Waals surface area contributed by atoms with Crippen molar-refractivity contribution in [3.05, 3.63) is 78.1 Å². The third-order valence-corrected chi connectivity index (χ3v) is 4.06. The van der Waals surface area contributed by atoms with Crippen molar-refractivity contribution < 1.29 is 0 Å². The lowest BCUT2D eigenvalue weighted by atomic mass is 10.0.